The van der Waals surface area contributed by atoms with Gasteiger partial charge >= 0.3 is 0 Å². The van der Waals surface area contributed by atoms with Gasteiger partial charge in [-0.25, -0.2) is 4.98 Å². The van der Waals surface area contributed by atoms with Gasteiger partial charge in [0.25, 0.3) is 0 Å². The first-order chi connectivity index (χ1) is 13.7. The van der Waals surface area contributed by atoms with Crippen molar-refractivity contribution in [2.75, 3.05) is 11.1 Å². The Bertz CT molecular complexity index is 1080. The van der Waals surface area contributed by atoms with Crippen LogP contribution in [0.25, 0.3) is 17.1 Å². The van der Waals surface area contributed by atoms with E-state index in [4.69, 9.17) is 11.6 Å². The summed E-state index contributed by atoms with van der Waals surface area (Å²) in [6.07, 6.45) is 1.65. The number of hydrogen-bond donors (Lipinski definition) is 1. The number of rotatable bonds is 6. The van der Waals surface area contributed by atoms with Gasteiger partial charge in [0.1, 0.15) is 0 Å². The summed E-state index contributed by atoms with van der Waals surface area (Å²) < 4.78 is 1.91. The Hall–Kier alpha value is -2.68. The van der Waals surface area contributed by atoms with Gasteiger partial charge in [-0.3, -0.25) is 9.36 Å². The van der Waals surface area contributed by atoms with Gasteiger partial charge in [0.15, 0.2) is 16.1 Å². The summed E-state index contributed by atoms with van der Waals surface area (Å²) in [7, 11) is 0. The molecule has 0 spiro atoms. The predicted molar refractivity (Wildman–Crippen MR) is 113 cm³/mol. The largest absolute Gasteiger partial charge is 0.301 e. The molecule has 0 aliphatic carbocycles. The summed E-state index contributed by atoms with van der Waals surface area (Å²) in [6, 6.07) is 17.2. The Kier molecular flexibility index (Phi) is 5.70. The zero-order valence-electron chi connectivity index (χ0n) is 14.4. The normalized spacial score (nSPS) is 10.8. The number of nitrogens with zero attached hydrogens (tertiary/aromatic N) is 4. The third kappa shape index (κ3) is 4.24. The molecule has 0 atom stereocenters. The summed E-state index contributed by atoms with van der Waals surface area (Å²) >= 11 is 8.87. The van der Waals surface area contributed by atoms with Crippen LogP contribution in [0.4, 0.5) is 5.13 Å². The van der Waals surface area contributed by atoms with Crippen LogP contribution in [0.3, 0.4) is 0 Å². The predicted octanol–water partition coefficient (Wildman–Crippen LogP) is 4.78. The molecule has 2 aromatic heterocycles. The number of thioether (sulfide) groups is 1. The first kappa shape index (κ1) is 18.7. The molecular weight excluding hydrogens is 414 g/mol. The first-order valence-corrected chi connectivity index (χ1v) is 10.5. The third-order valence-electron chi connectivity index (χ3n) is 3.74. The maximum atomic E-state index is 12.2. The number of anilines is 1. The zero-order chi connectivity index (χ0) is 19.3. The molecule has 9 heteroatoms. The second kappa shape index (κ2) is 8.55. The lowest BCUT2D eigenvalue weighted by atomic mass is 10.2. The summed E-state index contributed by atoms with van der Waals surface area (Å²) in [5.41, 5.74) is 1.76. The summed E-state index contributed by atoms with van der Waals surface area (Å²) in [6.45, 7) is 0. The number of carbonyl (C=O) groups excluding carboxylic acids is 1. The van der Waals surface area contributed by atoms with E-state index in [0.717, 1.165) is 11.3 Å². The average molecular weight is 428 g/mol. The van der Waals surface area contributed by atoms with E-state index in [9.17, 15) is 4.79 Å². The van der Waals surface area contributed by atoms with Gasteiger partial charge in [0.05, 0.1) is 11.4 Å². The van der Waals surface area contributed by atoms with E-state index < -0.39 is 0 Å². The SMILES string of the molecule is O=C(CSc1nnc(-c2ccccc2)n1-c1cccc(Cl)c1)Nc1nccs1. The van der Waals surface area contributed by atoms with Crippen molar-refractivity contribution in [1.82, 2.24) is 19.7 Å². The van der Waals surface area contributed by atoms with E-state index in [1.54, 1.807) is 6.20 Å². The van der Waals surface area contributed by atoms with Gasteiger partial charge in [0.2, 0.25) is 5.91 Å². The topological polar surface area (TPSA) is 72.7 Å². The van der Waals surface area contributed by atoms with Crippen molar-refractivity contribution in [3.05, 3.63) is 71.2 Å². The van der Waals surface area contributed by atoms with Crippen molar-refractivity contribution in [2.45, 2.75) is 5.16 Å². The molecule has 0 saturated heterocycles. The number of benzene rings is 2. The molecule has 0 unspecified atom stereocenters. The molecule has 140 valence electrons. The van der Waals surface area contributed by atoms with Crippen LogP contribution in [0.15, 0.2) is 71.3 Å². The number of aromatic nitrogens is 4. The monoisotopic (exact) mass is 427 g/mol. The van der Waals surface area contributed by atoms with Crippen LogP contribution in [0.2, 0.25) is 5.02 Å². The average Bonchev–Trinajstić information content (AvgIpc) is 3.36. The van der Waals surface area contributed by atoms with Crippen molar-refractivity contribution >= 4 is 45.7 Å². The lowest BCUT2D eigenvalue weighted by Crippen LogP contribution is -2.14. The Morgan fingerprint density at radius 1 is 1.14 bits per heavy atom. The van der Waals surface area contributed by atoms with Crippen LogP contribution < -0.4 is 5.32 Å². The molecule has 0 radical (unpaired) electrons. The Balaban J connectivity index is 1.63. The van der Waals surface area contributed by atoms with Crippen molar-refractivity contribution in [3.8, 4) is 17.1 Å². The van der Waals surface area contributed by atoms with Crippen LogP contribution >= 0.6 is 34.7 Å². The number of carbonyl (C=O) groups is 1. The molecule has 0 bridgehead atoms. The Morgan fingerprint density at radius 2 is 2.00 bits per heavy atom. The minimum Gasteiger partial charge on any atom is -0.301 e. The number of hydrogen-bond acceptors (Lipinski definition) is 6. The second-order valence-corrected chi connectivity index (χ2v) is 7.94. The fourth-order valence-corrected chi connectivity index (χ4v) is 4.04. The summed E-state index contributed by atoms with van der Waals surface area (Å²) in [5, 5.41) is 15.0. The minimum absolute atomic E-state index is 0.151. The van der Waals surface area contributed by atoms with E-state index in [-0.39, 0.29) is 11.7 Å². The molecule has 0 fully saturated rings. The number of amides is 1. The molecule has 0 saturated carbocycles. The van der Waals surface area contributed by atoms with Crippen LogP contribution in [0.1, 0.15) is 0 Å². The van der Waals surface area contributed by atoms with E-state index in [1.165, 1.54) is 23.1 Å². The maximum Gasteiger partial charge on any atom is 0.236 e. The molecule has 6 nitrogen and oxygen atoms in total. The van der Waals surface area contributed by atoms with E-state index in [1.807, 2.05) is 64.5 Å². The van der Waals surface area contributed by atoms with E-state index in [2.05, 4.69) is 20.5 Å². The zero-order valence-corrected chi connectivity index (χ0v) is 16.8. The summed E-state index contributed by atoms with van der Waals surface area (Å²) in [4.78, 5) is 16.3. The number of nitrogens with one attached hydrogen (secondary N) is 1. The molecule has 0 aliphatic rings. The first-order valence-electron chi connectivity index (χ1n) is 8.29. The molecule has 4 aromatic rings. The highest BCUT2D eigenvalue weighted by atomic mass is 35.5. The van der Waals surface area contributed by atoms with Gasteiger partial charge in [-0.1, -0.05) is 59.8 Å². The van der Waals surface area contributed by atoms with Gasteiger partial charge in [-0.2, -0.15) is 0 Å². The molecule has 1 N–H and O–H groups in total. The van der Waals surface area contributed by atoms with Gasteiger partial charge in [-0.05, 0) is 18.2 Å². The fraction of sp³-hybridized carbons (Fsp3) is 0.0526. The van der Waals surface area contributed by atoms with Crippen LogP contribution in [0, 0.1) is 0 Å². The Morgan fingerprint density at radius 3 is 2.75 bits per heavy atom. The molecule has 28 heavy (non-hydrogen) atoms. The maximum absolute atomic E-state index is 12.2. The van der Waals surface area contributed by atoms with Crippen LogP contribution in [0.5, 0.6) is 0 Å². The highest BCUT2D eigenvalue weighted by Crippen LogP contribution is 2.29. The lowest BCUT2D eigenvalue weighted by molar-refractivity contribution is -0.113. The third-order valence-corrected chi connectivity index (χ3v) is 5.60. The smallest absolute Gasteiger partial charge is 0.236 e. The molecule has 1 amide bonds. The standard InChI is InChI=1S/C19H14ClN5OS2/c20-14-7-4-8-15(11-14)25-17(13-5-2-1-3-6-13)23-24-19(25)28-12-16(26)22-18-21-9-10-27-18/h1-11H,12H2,(H,21,22,26). The van der Waals surface area contributed by atoms with Crippen LogP contribution in [-0.4, -0.2) is 31.4 Å². The minimum atomic E-state index is -0.151. The van der Waals surface area contributed by atoms with Gasteiger partial charge < -0.3 is 5.32 Å². The van der Waals surface area contributed by atoms with E-state index >= 15 is 0 Å². The molecule has 0 aliphatic heterocycles. The lowest BCUT2D eigenvalue weighted by Gasteiger charge is -2.10. The van der Waals surface area contributed by atoms with Crippen molar-refractivity contribution < 1.29 is 4.79 Å². The van der Waals surface area contributed by atoms with Crippen molar-refractivity contribution in [1.29, 1.82) is 0 Å². The number of thiazole rings is 1. The second-order valence-electron chi connectivity index (χ2n) is 5.66. The fourth-order valence-electron chi connectivity index (χ4n) is 2.56. The Labute approximate surface area is 174 Å². The number of halogens is 1. The highest BCUT2D eigenvalue weighted by molar-refractivity contribution is 7.99. The molecule has 2 aromatic carbocycles. The molecular formula is C19H14ClN5OS2. The van der Waals surface area contributed by atoms with Gasteiger partial charge in [0, 0.05) is 22.2 Å². The van der Waals surface area contributed by atoms with Crippen molar-refractivity contribution in [2.24, 2.45) is 0 Å². The highest BCUT2D eigenvalue weighted by Gasteiger charge is 2.17. The van der Waals surface area contributed by atoms with Crippen molar-refractivity contribution in [3.63, 3.8) is 0 Å². The molecule has 2 heterocycles. The summed E-state index contributed by atoms with van der Waals surface area (Å²) in [5.74, 6) is 0.722. The molecule has 4 rings (SSSR count). The van der Waals surface area contributed by atoms with Crippen LogP contribution in [-0.2, 0) is 4.79 Å². The quantitative estimate of drug-likeness (QED) is 0.448. The van der Waals surface area contributed by atoms with Gasteiger partial charge in [-0.15, -0.1) is 21.5 Å². The van der Waals surface area contributed by atoms with E-state index in [0.29, 0.717) is 21.1 Å².